The Hall–Kier alpha value is -1.26. The zero-order valence-electron chi connectivity index (χ0n) is 11.9. The van der Waals surface area contributed by atoms with Crippen LogP contribution in [0.2, 0.25) is 0 Å². The molecule has 108 valence electrons. The fourth-order valence-electron chi connectivity index (χ4n) is 3.21. The lowest BCUT2D eigenvalue weighted by Gasteiger charge is -2.26. The third-order valence-corrected chi connectivity index (χ3v) is 4.14. The van der Waals surface area contributed by atoms with Crippen molar-refractivity contribution in [1.29, 1.82) is 0 Å². The fraction of sp³-hybridized carbons (Fsp3) is 0.857. The number of carboxylic acid groups (broad SMARTS) is 1. The molecule has 2 rings (SSSR count). The van der Waals surface area contributed by atoms with Crippen molar-refractivity contribution in [1.82, 2.24) is 4.90 Å². The molecule has 1 saturated carbocycles. The highest BCUT2D eigenvalue weighted by Crippen LogP contribution is 2.48. The van der Waals surface area contributed by atoms with E-state index in [0.717, 1.165) is 19.3 Å². The predicted octanol–water partition coefficient (Wildman–Crippen LogP) is 2.50. The van der Waals surface area contributed by atoms with Gasteiger partial charge >= 0.3 is 12.1 Å². The third-order valence-electron chi connectivity index (χ3n) is 4.14. The highest BCUT2D eigenvalue weighted by molar-refractivity contribution is 5.71. The Kier molecular flexibility index (Phi) is 3.49. The van der Waals surface area contributed by atoms with Crippen LogP contribution in [0, 0.1) is 11.3 Å². The SMILES string of the molecule is CC(C)(C)OC(=O)N1CC[C@]2(CC[C@@H](C(=O)O)C2)C1. The molecule has 2 atom stereocenters. The summed E-state index contributed by atoms with van der Waals surface area (Å²) >= 11 is 0. The molecule has 0 aromatic carbocycles. The molecule has 0 aromatic heterocycles. The number of hydrogen-bond acceptors (Lipinski definition) is 3. The van der Waals surface area contributed by atoms with Gasteiger partial charge in [0.05, 0.1) is 5.92 Å². The van der Waals surface area contributed by atoms with Gasteiger partial charge in [-0.15, -0.1) is 0 Å². The van der Waals surface area contributed by atoms with E-state index in [4.69, 9.17) is 9.84 Å². The molecule has 0 bridgehead atoms. The van der Waals surface area contributed by atoms with Crippen LogP contribution in [0.1, 0.15) is 46.5 Å². The number of carbonyl (C=O) groups is 2. The van der Waals surface area contributed by atoms with Crippen molar-refractivity contribution in [3.05, 3.63) is 0 Å². The van der Waals surface area contributed by atoms with Gasteiger partial charge in [0.1, 0.15) is 5.60 Å². The quantitative estimate of drug-likeness (QED) is 0.794. The van der Waals surface area contributed by atoms with Crippen LogP contribution in [0.25, 0.3) is 0 Å². The molecule has 2 aliphatic rings. The minimum Gasteiger partial charge on any atom is -0.481 e. The van der Waals surface area contributed by atoms with E-state index in [1.807, 2.05) is 20.8 Å². The molecular formula is C14H23NO4. The fourth-order valence-corrected chi connectivity index (χ4v) is 3.21. The first-order valence-corrected chi connectivity index (χ1v) is 6.92. The van der Waals surface area contributed by atoms with Crippen molar-refractivity contribution in [2.45, 2.75) is 52.1 Å². The molecule has 1 aliphatic carbocycles. The van der Waals surface area contributed by atoms with Crippen molar-refractivity contribution >= 4 is 12.1 Å². The Bertz CT molecular complexity index is 387. The van der Waals surface area contributed by atoms with E-state index < -0.39 is 11.6 Å². The molecule has 1 saturated heterocycles. The topological polar surface area (TPSA) is 66.8 Å². The van der Waals surface area contributed by atoms with Gasteiger partial charge in [0.15, 0.2) is 0 Å². The van der Waals surface area contributed by atoms with E-state index in [1.54, 1.807) is 4.90 Å². The lowest BCUT2D eigenvalue weighted by molar-refractivity contribution is -0.141. The second-order valence-corrected chi connectivity index (χ2v) is 6.93. The molecule has 0 unspecified atom stereocenters. The summed E-state index contributed by atoms with van der Waals surface area (Å²) in [6.45, 7) is 6.89. The maximum Gasteiger partial charge on any atom is 0.410 e. The Labute approximate surface area is 113 Å². The van der Waals surface area contributed by atoms with Crippen molar-refractivity contribution in [2.24, 2.45) is 11.3 Å². The molecule has 1 spiro atoms. The van der Waals surface area contributed by atoms with Gasteiger partial charge in [0.2, 0.25) is 0 Å². The van der Waals surface area contributed by atoms with E-state index in [-0.39, 0.29) is 17.4 Å². The smallest absolute Gasteiger partial charge is 0.410 e. The average molecular weight is 269 g/mol. The van der Waals surface area contributed by atoms with Gasteiger partial charge in [-0.1, -0.05) is 0 Å². The van der Waals surface area contributed by atoms with Crippen LogP contribution >= 0.6 is 0 Å². The Morgan fingerprint density at radius 3 is 2.53 bits per heavy atom. The van der Waals surface area contributed by atoms with Crippen LogP contribution in [0.15, 0.2) is 0 Å². The molecule has 5 nitrogen and oxygen atoms in total. The summed E-state index contributed by atoms with van der Waals surface area (Å²) < 4.78 is 5.37. The number of amides is 1. The summed E-state index contributed by atoms with van der Waals surface area (Å²) in [7, 11) is 0. The first-order chi connectivity index (χ1) is 8.71. The van der Waals surface area contributed by atoms with E-state index >= 15 is 0 Å². The van der Waals surface area contributed by atoms with Gasteiger partial charge in [-0.2, -0.15) is 0 Å². The van der Waals surface area contributed by atoms with Crippen molar-refractivity contribution in [3.8, 4) is 0 Å². The summed E-state index contributed by atoms with van der Waals surface area (Å²) in [6, 6.07) is 0. The molecule has 1 aliphatic heterocycles. The number of rotatable bonds is 1. The standard InChI is InChI=1S/C14H23NO4/c1-13(2,3)19-12(18)15-7-6-14(9-15)5-4-10(8-14)11(16)17/h10H,4-9H2,1-3H3,(H,16,17)/t10-,14+/m1/s1. The molecule has 2 fully saturated rings. The Balaban J connectivity index is 1.93. The van der Waals surface area contributed by atoms with Gasteiger partial charge in [-0.3, -0.25) is 4.79 Å². The Morgan fingerprint density at radius 1 is 1.32 bits per heavy atom. The molecule has 5 heteroatoms. The van der Waals surface area contributed by atoms with Crippen LogP contribution in [0.3, 0.4) is 0 Å². The molecule has 1 amide bonds. The highest BCUT2D eigenvalue weighted by Gasteiger charge is 2.47. The van der Waals surface area contributed by atoms with E-state index in [9.17, 15) is 9.59 Å². The van der Waals surface area contributed by atoms with Crippen LogP contribution in [-0.2, 0) is 9.53 Å². The number of carbonyl (C=O) groups excluding carboxylic acids is 1. The predicted molar refractivity (Wildman–Crippen MR) is 69.8 cm³/mol. The lowest BCUT2D eigenvalue weighted by Crippen LogP contribution is -2.36. The number of nitrogens with zero attached hydrogens (tertiary/aromatic N) is 1. The lowest BCUT2D eigenvalue weighted by atomic mass is 9.84. The normalized spacial score (nSPS) is 30.9. The second kappa shape index (κ2) is 4.69. The number of ether oxygens (including phenoxy) is 1. The molecule has 19 heavy (non-hydrogen) atoms. The third kappa shape index (κ3) is 3.19. The van der Waals surface area contributed by atoms with Crippen molar-refractivity contribution in [2.75, 3.05) is 13.1 Å². The highest BCUT2D eigenvalue weighted by atomic mass is 16.6. The van der Waals surface area contributed by atoms with Crippen molar-refractivity contribution in [3.63, 3.8) is 0 Å². The van der Waals surface area contributed by atoms with Crippen LogP contribution < -0.4 is 0 Å². The largest absolute Gasteiger partial charge is 0.481 e. The van der Waals surface area contributed by atoms with Gasteiger partial charge in [0, 0.05) is 13.1 Å². The zero-order chi connectivity index (χ0) is 14.3. The molecule has 0 radical (unpaired) electrons. The molecular weight excluding hydrogens is 246 g/mol. The molecule has 1 N–H and O–H groups in total. The minimum atomic E-state index is -0.701. The minimum absolute atomic E-state index is 0.0139. The number of hydrogen-bond donors (Lipinski definition) is 1. The maximum atomic E-state index is 12.0. The second-order valence-electron chi connectivity index (χ2n) is 6.93. The van der Waals surface area contributed by atoms with Gasteiger partial charge < -0.3 is 14.7 Å². The molecule has 0 aromatic rings. The monoisotopic (exact) mass is 269 g/mol. The van der Waals surface area contributed by atoms with E-state index in [0.29, 0.717) is 19.5 Å². The average Bonchev–Trinajstić information content (AvgIpc) is 2.85. The van der Waals surface area contributed by atoms with Crippen LogP contribution in [0.5, 0.6) is 0 Å². The first kappa shape index (κ1) is 14.2. The number of likely N-dealkylation sites (tertiary alicyclic amines) is 1. The summed E-state index contributed by atoms with van der Waals surface area (Å²) in [5.74, 6) is -0.939. The number of carboxylic acids is 1. The number of aliphatic carboxylic acids is 1. The van der Waals surface area contributed by atoms with Gasteiger partial charge in [-0.25, -0.2) is 4.79 Å². The Morgan fingerprint density at radius 2 is 2.00 bits per heavy atom. The summed E-state index contributed by atoms with van der Waals surface area (Å²) in [4.78, 5) is 24.8. The summed E-state index contributed by atoms with van der Waals surface area (Å²) in [6.07, 6.45) is 2.96. The van der Waals surface area contributed by atoms with E-state index in [1.165, 1.54) is 0 Å². The van der Waals surface area contributed by atoms with Crippen LogP contribution in [-0.4, -0.2) is 40.8 Å². The first-order valence-electron chi connectivity index (χ1n) is 6.92. The van der Waals surface area contributed by atoms with Gasteiger partial charge in [-0.05, 0) is 51.9 Å². The van der Waals surface area contributed by atoms with Crippen LogP contribution in [0.4, 0.5) is 4.79 Å². The molecule has 1 heterocycles. The zero-order valence-corrected chi connectivity index (χ0v) is 11.9. The maximum absolute atomic E-state index is 12.0. The van der Waals surface area contributed by atoms with E-state index in [2.05, 4.69) is 0 Å². The van der Waals surface area contributed by atoms with Crippen molar-refractivity contribution < 1.29 is 19.4 Å². The summed E-state index contributed by atoms with van der Waals surface area (Å²) in [5, 5.41) is 9.08. The van der Waals surface area contributed by atoms with Gasteiger partial charge in [0.25, 0.3) is 0 Å². The summed E-state index contributed by atoms with van der Waals surface area (Å²) in [5.41, 5.74) is -0.466.